The van der Waals surface area contributed by atoms with Gasteiger partial charge >= 0.3 is 0 Å². The maximum atomic E-state index is 2.66. The summed E-state index contributed by atoms with van der Waals surface area (Å²) >= 11 is 1.97. The second kappa shape index (κ2) is 7.17. The van der Waals surface area contributed by atoms with Crippen molar-refractivity contribution >= 4 is 11.8 Å². The van der Waals surface area contributed by atoms with E-state index in [9.17, 15) is 0 Å². The molecule has 1 unspecified atom stereocenters. The number of hydrogen-bond donors (Lipinski definition) is 0. The minimum absolute atomic E-state index is 0.774. The third-order valence-corrected chi connectivity index (χ3v) is 4.46. The van der Waals surface area contributed by atoms with Crippen LogP contribution in [0.2, 0.25) is 0 Å². The number of hydrogen-bond acceptors (Lipinski definition) is 3. The minimum atomic E-state index is 0.774. The summed E-state index contributed by atoms with van der Waals surface area (Å²) in [5.74, 6) is 1.20. The Morgan fingerprint density at radius 1 is 1.28 bits per heavy atom. The van der Waals surface area contributed by atoms with E-state index in [0.717, 1.165) is 6.04 Å². The summed E-state index contributed by atoms with van der Waals surface area (Å²) in [5, 5.41) is 0. The Balaban J connectivity index is 1.72. The lowest BCUT2D eigenvalue weighted by Gasteiger charge is -2.26. The van der Waals surface area contributed by atoms with Crippen molar-refractivity contribution in [3.8, 4) is 0 Å². The van der Waals surface area contributed by atoms with E-state index in [0.29, 0.717) is 0 Å². The summed E-state index contributed by atoms with van der Waals surface area (Å²) in [6.45, 7) is 3.71. The average Bonchev–Trinajstić information content (AvgIpc) is 2.77. The second-order valence-electron chi connectivity index (χ2n) is 5.26. The van der Waals surface area contributed by atoms with Crippen molar-refractivity contribution in [2.75, 3.05) is 39.5 Å². The quantitative estimate of drug-likeness (QED) is 0.730. The molecule has 0 radical (unpaired) electrons. The number of thioether (sulfide) groups is 1. The van der Waals surface area contributed by atoms with Gasteiger partial charge in [0.2, 0.25) is 0 Å². The van der Waals surface area contributed by atoms with Gasteiger partial charge < -0.3 is 4.90 Å². The van der Waals surface area contributed by atoms with Gasteiger partial charge in [-0.2, -0.15) is 0 Å². The first kappa shape index (κ1) is 13.9. The van der Waals surface area contributed by atoms with Crippen LogP contribution in [0.3, 0.4) is 0 Å². The Hall–Kier alpha value is -0.510. The predicted octanol–water partition coefficient (Wildman–Crippen LogP) is 2.80. The molecule has 1 aliphatic rings. The molecule has 0 aromatic heterocycles. The first-order valence-corrected chi connectivity index (χ1v) is 7.81. The van der Waals surface area contributed by atoms with Crippen LogP contribution in [0.25, 0.3) is 0 Å². The highest BCUT2D eigenvalue weighted by atomic mass is 32.2. The van der Waals surface area contributed by atoms with E-state index >= 15 is 0 Å². The van der Waals surface area contributed by atoms with Crippen LogP contribution in [0, 0.1) is 0 Å². The lowest BCUT2D eigenvalue weighted by atomic mass is 10.2. The zero-order chi connectivity index (χ0) is 12.8. The fraction of sp³-hybridized carbons (Fsp3) is 0.600. The van der Waals surface area contributed by atoms with Crippen LogP contribution >= 0.6 is 11.8 Å². The van der Waals surface area contributed by atoms with Crippen LogP contribution in [-0.2, 0) is 0 Å². The molecule has 0 spiro atoms. The van der Waals surface area contributed by atoms with E-state index in [1.807, 2.05) is 11.8 Å². The van der Waals surface area contributed by atoms with Crippen molar-refractivity contribution in [2.45, 2.75) is 23.8 Å². The van der Waals surface area contributed by atoms with Gasteiger partial charge in [-0.25, -0.2) is 0 Å². The molecule has 1 saturated heterocycles. The van der Waals surface area contributed by atoms with Crippen molar-refractivity contribution in [2.24, 2.45) is 0 Å². The minimum Gasteiger partial charge on any atom is -0.308 e. The molecule has 2 nitrogen and oxygen atoms in total. The summed E-state index contributed by atoms with van der Waals surface area (Å²) in [7, 11) is 4.35. The molecule has 0 aliphatic carbocycles. The van der Waals surface area contributed by atoms with Crippen LogP contribution in [-0.4, -0.2) is 55.3 Å². The number of likely N-dealkylation sites (tertiary alicyclic amines) is 1. The molecule has 1 heterocycles. The molecule has 100 valence electrons. The Morgan fingerprint density at radius 2 is 2.06 bits per heavy atom. The van der Waals surface area contributed by atoms with Crippen LogP contribution in [0.4, 0.5) is 0 Å². The summed E-state index contributed by atoms with van der Waals surface area (Å²) in [6.07, 6.45) is 2.74. The summed E-state index contributed by atoms with van der Waals surface area (Å²) in [5.41, 5.74) is 0. The van der Waals surface area contributed by atoms with Crippen LogP contribution in [0.5, 0.6) is 0 Å². The third kappa shape index (κ3) is 4.30. The lowest BCUT2D eigenvalue weighted by Crippen LogP contribution is -2.38. The fourth-order valence-electron chi connectivity index (χ4n) is 2.62. The number of likely N-dealkylation sites (N-methyl/N-ethyl adjacent to an activating group) is 1. The fourth-order valence-corrected chi connectivity index (χ4v) is 3.53. The molecule has 1 atom stereocenters. The van der Waals surface area contributed by atoms with Gasteiger partial charge in [0.1, 0.15) is 0 Å². The summed E-state index contributed by atoms with van der Waals surface area (Å²) < 4.78 is 0. The number of nitrogens with zero attached hydrogens (tertiary/aromatic N) is 2. The Kier molecular flexibility index (Phi) is 5.54. The van der Waals surface area contributed by atoms with E-state index in [4.69, 9.17) is 0 Å². The van der Waals surface area contributed by atoms with Gasteiger partial charge in [-0.05, 0) is 45.6 Å². The first-order valence-electron chi connectivity index (χ1n) is 6.82. The maximum Gasteiger partial charge on any atom is 0.0223 e. The smallest absolute Gasteiger partial charge is 0.0223 e. The highest BCUT2D eigenvalue weighted by molar-refractivity contribution is 7.99. The van der Waals surface area contributed by atoms with Crippen LogP contribution in [0.1, 0.15) is 12.8 Å². The van der Waals surface area contributed by atoms with Gasteiger partial charge in [-0.15, -0.1) is 11.8 Å². The van der Waals surface area contributed by atoms with Crippen molar-refractivity contribution in [3.05, 3.63) is 30.3 Å². The van der Waals surface area contributed by atoms with Gasteiger partial charge in [0.05, 0.1) is 0 Å². The lowest BCUT2D eigenvalue weighted by molar-refractivity contribution is 0.218. The molecule has 0 N–H and O–H groups in total. The monoisotopic (exact) mass is 264 g/mol. The highest BCUT2D eigenvalue weighted by Crippen LogP contribution is 2.21. The molecule has 18 heavy (non-hydrogen) atoms. The van der Waals surface area contributed by atoms with E-state index in [2.05, 4.69) is 54.2 Å². The van der Waals surface area contributed by atoms with Crippen molar-refractivity contribution in [1.29, 1.82) is 0 Å². The van der Waals surface area contributed by atoms with Gasteiger partial charge in [0, 0.05) is 29.8 Å². The largest absolute Gasteiger partial charge is 0.308 e. The van der Waals surface area contributed by atoms with Crippen molar-refractivity contribution in [1.82, 2.24) is 9.80 Å². The highest BCUT2D eigenvalue weighted by Gasteiger charge is 2.24. The molecule has 0 saturated carbocycles. The van der Waals surface area contributed by atoms with Gasteiger partial charge in [-0.1, -0.05) is 18.2 Å². The molecule has 0 amide bonds. The maximum absolute atomic E-state index is 2.66. The van der Waals surface area contributed by atoms with Crippen LogP contribution < -0.4 is 0 Å². The molecule has 1 fully saturated rings. The standard InChI is InChI=1S/C15H24N2S/c1-16(2)13-14-7-6-10-17(14)11-12-18-15-8-4-3-5-9-15/h3-5,8-9,14H,6-7,10-13H2,1-2H3. The Labute approximate surface area is 115 Å². The van der Waals surface area contributed by atoms with Gasteiger partial charge in [0.25, 0.3) is 0 Å². The molecule has 1 aromatic rings. The summed E-state index contributed by atoms with van der Waals surface area (Å²) in [6, 6.07) is 11.5. The molecule has 2 rings (SSSR count). The summed E-state index contributed by atoms with van der Waals surface area (Å²) in [4.78, 5) is 6.37. The molecule has 0 bridgehead atoms. The van der Waals surface area contributed by atoms with E-state index in [-0.39, 0.29) is 0 Å². The number of rotatable bonds is 6. The topological polar surface area (TPSA) is 6.48 Å². The average molecular weight is 264 g/mol. The molecular weight excluding hydrogens is 240 g/mol. The molecule has 1 aliphatic heterocycles. The zero-order valence-corrected chi connectivity index (χ0v) is 12.3. The van der Waals surface area contributed by atoms with Crippen molar-refractivity contribution < 1.29 is 0 Å². The second-order valence-corrected chi connectivity index (χ2v) is 6.42. The van der Waals surface area contributed by atoms with Gasteiger partial charge in [0.15, 0.2) is 0 Å². The van der Waals surface area contributed by atoms with E-state index in [1.165, 1.54) is 43.1 Å². The van der Waals surface area contributed by atoms with Gasteiger partial charge in [-0.3, -0.25) is 4.90 Å². The zero-order valence-electron chi connectivity index (χ0n) is 11.5. The van der Waals surface area contributed by atoms with E-state index < -0.39 is 0 Å². The van der Waals surface area contributed by atoms with Crippen LogP contribution in [0.15, 0.2) is 35.2 Å². The molecule has 1 aromatic carbocycles. The normalized spacial score (nSPS) is 20.7. The Bertz CT molecular complexity index is 340. The van der Waals surface area contributed by atoms with Crippen molar-refractivity contribution in [3.63, 3.8) is 0 Å². The first-order chi connectivity index (χ1) is 8.75. The van der Waals surface area contributed by atoms with E-state index in [1.54, 1.807) is 0 Å². The predicted molar refractivity (Wildman–Crippen MR) is 80.3 cm³/mol. The molecular formula is C15H24N2S. The number of benzene rings is 1. The molecule has 3 heteroatoms. The third-order valence-electron chi connectivity index (χ3n) is 3.47. The Morgan fingerprint density at radius 3 is 2.78 bits per heavy atom. The SMILES string of the molecule is CN(C)CC1CCCN1CCSc1ccccc1.